The minimum atomic E-state index is -0.925. The van der Waals surface area contributed by atoms with E-state index >= 15 is 0 Å². The number of thioether (sulfide) groups is 1. The SMILES string of the molecule is CCn1c(N2CCN(Cc3ccccc3)CC2)c(C=C2SC(=S)N(CCCC(=O)O)C2=O)c(C)c(C#N)c1=O. The first kappa shape index (κ1) is 28.5. The number of anilines is 1. The first-order valence-corrected chi connectivity index (χ1v) is 14.1. The Morgan fingerprint density at radius 2 is 1.87 bits per heavy atom. The molecule has 1 N–H and O–H groups in total. The topological polar surface area (TPSA) is 110 Å². The fourth-order valence-electron chi connectivity index (χ4n) is 4.95. The number of nitriles is 1. The van der Waals surface area contributed by atoms with Crippen LogP contribution in [0.25, 0.3) is 6.08 Å². The summed E-state index contributed by atoms with van der Waals surface area (Å²) in [6.45, 7) is 8.05. The van der Waals surface area contributed by atoms with E-state index in [1.807, 2.05) is 25.1 Å². The summed E-state index contributed by atoms with van der Waals surface area (Å²) in [5.74, 6) is -0.512. The fourth-order valence-corrected chi connectivity index (χ4v) is 6.24. The van der Waals surface area contributed by atoms with Crippen molar-refractivity contribution < 1.29 is 14.7 Å². The molecule has 2 fully saturated rings. The Bertz CT molecular complexity index is 1410. The molecule has 2 aromatic rings. The monoisotopic (exact) mass is 565 g/mol. The van der Waals surface area contributed by atoms with E-state index in [4.69, 9.17) is 17.3 Å². The van der Waals surface area contributed by atoms with Crippen LogP contribution in [-0.4, -0.2) is 68.4 Å². The maximum Gasteiger partial charge on any atom is 0.303 e. The highest BCUT2D eigenvalue weighted by atomic mass is 32.2. The van der Waals surface area contributed by atoms with Gasteiger partial charge >= 0.3 is 5.97 Å². The van der Waals surface area contributed by atoms with Crippen molar-refractivity contribution >= 4 is 52.1 Å². The van der Waals surface area contributed by atoms with Gasteiger partial charge in [-0.2, -0.15) is 5.26 Å². The summed E-state index contributed by atoms with van der Waals surface area (Å²) in [6, 6.07) is 12.4. The molecule has 0 radical (unpaired) electrons. The van der Waals surface area contributed by atoms with E-state index in [1.165, 1.54) is 10.5 Å². The molecular weight excluding hydrogens is 534 g/mol. The molecule has 0 spiro atoms. The van der Waals surface area contributed by atoms with Crippen LogP contribution in [0.2, 0.25) is 0 Å². The fraction of sp³-hybridized carbons (Fsp3) is 0.393. The summed E-state index contributed by atoms with van der Waals surface area (Å²) < 4.78 is 1.99. The summed E-state index contributed by atoms with van der Waals surface area (Å²) in [5, 5.41) is 18.8. The van der Waals surface area contributed by atoms with E-state index in [2.05, 4.69) is 28.0 Å². The molecule has 0 bridgehead atoms. The quantitative estimate of drug-likeness (QED) is 0.361. The second-order valence-corrected chi connectivity index (χ2v) is 11.2. The summed E-state index contributed by atoms with van der Waals surface area (Å²) in [6.07, 6.45) is 1.98. The highest BCUT2D eigenvalue weighted by Gasteiger charge is 2.33. The number of aliphatic carboxylic acids is 1. The van der Waals surface area contributed by atoms with Crippen molar-refractivity contribution in [3.63, 3.8) is 0 Å². The lowest BCUT2D eigenvalue weighted by molar-refractivity contribution is -0.137. The number of hydrogen-bond donors (Lipinski definition) is 1. The summed E-state index contributed by atoms with van der Waals surface area (Å²) in [7, 11) is 0. The van der Waals surface area contributed by atoms with Gasteiger partial charge in [0.25, 0.3) is 11.5 Å². The van der Waals surface area contributed by atoms with Crippen LogP contribution in [0.1, 0.15) is 42.0 Å². The molecule has 2 aliphatic heterocycles. The Kier molecular flexibility index (Phi) is 9.22. The van der Waals surface area contributed by atoms with E-state index in [9.17, 15) is 19.6 Å². The van der Waals surface area contributed by atoms with Crippen LogP contribution < -0.4 is 10.5 Å². The number of amides is 1. The molecule has 11 heteroatoms. The van der Waals surface area contributed by atoms with Gasteiger partial charge in [-0.1, -0.05) is 54.3 Å². The Balaban J connectivity index is 1.66. The van der Waals surface area contributed by atoms with Gasteiger partial charge in [-0.3, -0.25) is 28.8 Å². The molecule has 4 rings (SSSR count). The molecule has 0 saturated carbocycles. The summed E-state index contributed by atoms with van der Waals surface area (Å²) in [5.41, 5.74) is 2.17. The largest absolute Gasteiger partial charge is 0.481 e. The standard InChI is InChI=1S/C28H31N5O4S2/c1-3-32-25(31-14-12-30(13-15-31)18-20-8-5-4-6-9-20)21(19(2)22(17-29)26(32)36)16-23-27(37)33(28(38)39-23)11-7-10-24(34)35/h4-6,8-9,16H,3,7,10-15,18H2,1-2H3,(H,34,35). The average molecular weight is 566 g/mol. The van der Waals surface area contributed by atoms with Gasteiger partial charge in [-0.05, 0) is 37.5 Å². The van der Waals surface area contributed by atoms with Crippen molar-refractivity contribution in [1.29, 1.82) is 5.26 Å². The Hall–Kier alpha value is -3.46. The van der Waals surface area contributed by atoms with Gasteiger partial charge in [-0.15, -0.1) is 0 Å². The molecule has 0 aliphatic carbocycles. The third kappa shape index (κ3) is 6.24. The number of carbonyl (C=O) groups excluding carboxylic acids is 1. The minimum Gasteiger partial charge on any atom is -0.481 e. The number of carbonyl (C=O) groups is 2. The van der Waals surface area contributed by atoms with Crippen LogP contribution in [0.5, 0.6) is 0 Å². The molecule has 1 aromatic carbocycles. The second kappa shape index (κ2) is 12.6. The van der Waals surface area contributed by atoms with Crippen LogP contribution in [-0.2, 0) is 22.7 Å². The lowest BCUT2D eigenvalue weighted by Gasteiger charge is -2.38. The van der Waals surface area contributed by atoms with E-state index in [0.29, 0.717) is 52.2 Å². The molecule has 2 aliphatic rings. The van der Waals surface area contributed by atoms with Gasteiger partial charge in [0.1, 0.15) is 21.8 Å². The van der Waals surface area contributed by atoms with Crippen molar-refractivity contribution in [2.45, 2.75) is 39.8 Å². The number of carboxylic acids is 1. The Morgan fingerprint density at radius 3 is 2.49 bits per heavy atom. The number of pyridine rings is 1. The summed E-state index contributed by atoms with van der Waals surface area (Å²) >= 11 is 6.58. The molecule has 204 valence electrons. The number of thiocarbonyl (C=S) groups is 1. The number of piperazine rings is 1. The normalized spacial score (nSPS) is 17.2. The van der Waals surface area contributed by atoms with Crippen LogP contribution in [0, 0.1) is 18.3 Å². The van der Waals surface area contributed by atoms with E-state index in [0.717, 1.165) is 31.4 Å². The molecule has 0 atom stereocenters. The molecule has 1 aromatic heterocycles. The maximum atomic E-state index is 13.3. The van der Waals surface area contributed by atoms with Crippen LogP contribution in [0.3, 0.4) is 0 Å². The molecule has 39 heavy (non-hydrogen) atoms. The molecule has 3 heterocycles. The number of benzene rings is 1. The van der Waals surface area contributed by atoms with Crippen LogP contribution >= 0.6 is 24.0 Å². The number of aromatic nitrogens is 1. The molecule has 0 unspecified atom stereocenters. The van der Waals surface area contributed by atoms with Gasteiger partial charge in [0.15, 0.2) is 0 Å². The van der Waals surface area contributed by atoms with Crippen molar-refractivity contribution in [2.75, 3.05) is 37.6 Å². The zero-order valence-corrected chi connectivity index (χ0v) is 23.7. The van der Waals surface area contributed by atoms with Gasteiger partial charge < -0.3 is 10.0 Å². The third-order valence-corrected chi connectivity index (χ3v) is 8.38. The van der Waals surface area contributed by atoms with Crippen LogP contribution in [0.4, 0.5) is 5.82 Å². The van der Waals surface area contributed by atoms with E-state index < -0.39 is 5.97 Å². The second-order valence-electron chi connectivity index (χ2n) is 9.48. The lowest BCUT2D eigenvalue weighted by Crippen LogP contribution is -2.48. The van der Waals surface area contributed by atoms with Gasteiger partial charge in [0, 0.05) is 57.8 Å². The number of rotatable bonds is 9. The molecule has 2 saturated heterocycles. The first-order chi connectivity index (χ1) is 18.7. The van der Waals surface area contributed by atoms with Crippen LogP contribution in [0.15, 0.2) is 40.0 Å². The highest BCUT2D eigenvalue weighted by molar-refractivity contribution is 8.26. The molecular formula is C28H31N5O4S2. The molecule has 1 amide bonds. The Labute approximate surface area is 237 Å². The van der Waals surface area contributed by atoms with Crippen molar-refractivity contribution in [1.82, 2.24) is 14.4 Å². The number of carboxylic acid groups (broad SMARTS) is 1. The zero-order chi connectivity index (χ0) is 28.1. The first-order valence-electron chi connectivity index (χ1n) is 12.9. The zero-order valence-electron chi connectivity index (χ0n) is 22.1. The third-order valence-electron chi connectivity index (χ3n) is 7.00. The maximum absolute atomic E-state index is 13.3. The smallest absolute Gasteiger partial charge is 0.303 e. The molecule has 9 nitrogen and oxygen atoms in total. The van der Waals surface area contributed by atoms with Gasteiger partial charge in [0.05, 0.1) is 4.91 Å². The van der Waals surface area contributed by atoms with Crippen molar-refractivity contribution in [3.05, 3.63) is 67.8 Å². The number of hydrogen-bond acceptors (Lipinski definition) is 8. The Morgan fingerprint density at radius 1 is 1.18 bits per heavy atom. The van der Waals surface area contributed by atoms with E-state index in [-0.39, 0.29) is 30.0 Å². The summed E-state index contributed by atoms with van der Waals surface area (Å²) in [4.78, 5) is 43.8. The highest BCUT2D eigenvalue weighted by Crippen LogP contribution is 2.36. The minimum absolute atomic E-state index is 0.0530. The van der Waals surface area contributed by atoms with Gasteiger partial charge in [-0.25, -0.2) is 0 Å². The van der Waals surface area contributed by atoms with Gasteiger partial charge in [0.2, 0.25) is 0 Å². The predicted molar refractivity (Wildman–Crippen MR) is 157 cm³/mol. The van der Waals surface area contributed by atoms with E-state index in [1.54, 1.807) is 17.6 Å². The average Bonchev–Trinajstić information content (AvgIpc) is 3.18. The van der Waals surface area contributed by atoms with Crippen molar-refractivity contribution in [3.8, 4) is 6.07 Å². The predicted octanol–water partition coefficient (Wildman–Crippen LogP) is 3.44. The lowest BCUT2D eigenvalue weighted by atomic mass is 10.0. The van der Waals surface area contributed by atoms with Crippen molar-refractivity contribution in [2.24, 2.45) is 0 Å². The number of nitrogens with zero attached hydrogens (tertiary/aromatic N) is 5.